The van der Waals surface area contributed by atoms with Crippen LogP contribution in [-0.2, 0) is 51.2 Å². The molecule has 0 saturated heterocycles. The van der Waals surface area contributed by atoms with Crippen LogP contribution < -0.4 is 9.80 Å². The Morgan fingerprint density at radius 1 is 0.409 bits per heavy atom. The van der Waals surface area contributed by atoms with E-state index in [9.17, 15) is 9.59 Å². The van der Waals surface area contributed by atoms with Crippen LogP contribution in [0.5, 0.6) is 0 Å². The summed E-state index contributed by atoms with van der Waals surface area (Å²) in [5.41, 5.74) is 8.85. The lowest BCUT2D eigenvalue weighted by atomic mass is 10.1. The van der Waals surface area contributed by atoms with Crippen molar-refractivity contribution in [2.75, 3.05) is 62.7 Å². The molecular weight excluding hydrogens is 829 g/mol. The molecule has 338 valence electrons. The maximum atomic E-state index is 11.6. The number of hydrogen-bond donors (Lipinski definition) is 0. The van der Waals surface area contributed by atoms with Gasteiger partial charge < -0.3 is 38.2 Å². The van der Waals surface area contributed by atoms with Gasteiger partial charge in [-0.3, -0.25) is 0 Å². The van der Waals surface area contributed by atoms with Crippen LogP contribution in [0.2, 0.25) is 0 Å². The van der Waals surface area contributed by atoms with Crippen molar-refractivity contribution in [3.8, 4) is 0 Å². The number of carbonyl (C=O) groups excluding carboxylic acids is 2. The predicted octanol–water partition coefficient (Wildman–Crippen LogP) is 12.2. The molecule has 10 heteroatoms. The zero-order valence-electron chi connectivity index (χ0n) is 37.7. The van der Waals surface area contributed by atoms with E-state index in [-0.39, 0.29) is 13.2 Å². The first kappa shape index (κ1) is 46.9. The molecule has 0 fully saturated rings. The number of rotatable bonds is 24. The first-order valence-electron chi connectivity index (χ1n) is 22.1. The van der Waals surface area contributed by atoms with Gasteiger partial charge in [-0.15, -0.1) is 0 Å². The van der Waals surface area contributed by atoms with Crippen molar-refractivity contribution in [3.05, 3.63) is 193 Å². The molecule has 7 rings (SSSR count). The van der Waals surface area contributed by atoms with E-state index in [1.165, 1.54) is 5.39 Å². The minimum absolute atomic E-state index is 0.174. The van der Waals surface area contributed by atoms with Crippen LogP contribution in [0.1, 0.15) is 25.0 Å². The fourth-order valence-electron chi connectivity index (χ4n) is 7.30. The number of carbonyl (C=O) groups is 2. The highest BCUT2D eigenvalue weighted by molar-refractivity contribution is 5.99. The topological polar surface area (TPSA) is 96.0 Å². The average Bonchev–Trinajstić information content (AvgIpc) is 3.34. The maximum absolute atomic E-state index is 11.6. The van der Waals surface area contributed by atoms with Gasteiger partial charge in [0.1, 0.15) is 13.2 Å². The van der Waals surface area contributed by atoms with Gasteiger partial charge in [-0.25, -0.2) is 9.59 Å². The van der Waals surface area contributed by atoms with E-state index in [1.807, 2.05) is 0 Å². The van der Waals surface area contributed by atoms with Crippen LogP contribution >= 0.6 is 0 Å². The molecule has 66 heavy (non-hydrogen) atoms. The fraction of sp³-hybridized carbons (Fsp3) is 0.214. The minimum Gasteiger partial charge on any atom is -0.460 e. The van der Waals surface area contributed by atoms with Crippen LogP contribution in [0.3, 0.4) is 0 Å². The molecule has 0 aliphatic heterocycles. The number of benzene rings is 7. The third-order valence-corrected chi connectivity index (χ3v) is 10.6. The Morgan fingerprint density at radius 3 is 1.44 bits per heavy atom. The lowest BCUT2D eigenvalue weighted by Gasteiger charge is -2.30. The van der Waals surface area contributed by atoms with Gasteiger partial charge in [-0.05, 0) is 102 Å². The second-order valence-electron chi connectivity index (χ2n) is 15.7. The molecule has 0 radical (unpaired) electrons. The van der Waals surface area contributed by atoms with E-state index < -0.39 is 11.9 Å². The van der Waals surface area contributed by atoms with Gasteiger partial charge in [0.15, 0.2) is 0 Å². The van der Waals surface area contributed by atoms with Crippen molar-refractivity contribution < 1.29 is 38.0 Å². The summed E-state index contributed by atoms with van der Waals surface area (Å²) >= 11 is 0. The molecule has 0 spiro atoms. The molecular formula is C56H56N2O8. The zero-order valence-corrected chi connectivity index (χ0v) is 37.7. The van der Waals surface area contributed by atoms with Crippen molar-refractivity contribution in [3.63, 3.8) is 0 Å². The molecule has 0 heterocycles. The lowest BCUT2D eigenvalue weighted by molar-refractivity contribution is -0.141. The summed E-state index contributed by atoms with van der Waals surface area (Å²) in [7, 11) is 0. The van der Waals surface area contributed by atoms with E-state index in [2.05, 4.69) is 181 Å². The average molecular weight is 885 g/mol. The second kappa shape index (κ2) is 23.7. The molecule has 0 bridgehead atoms. The smallest absolute Gasteiger partial charge is 0.333 e. The van der Waals surface area contributed by atoms with E-state index in [4.69, 9.17) is 28.4 Å². The summed E-state index contributed by atoms with van der Waals surface area (Å²) in [5.74, 6) is -0.839. The Bertz CT molecular complexity index is 2730. The van der Waals surface area contributed by atoms with Gasteiger partial charge in [0.2, 0.25) is 0 Å². The normalized spacial score (nSPS) is 11.1. The zero-order chi connectivity index (χ0) is 46.1. The summed E-state index contributed by atoms with van der Waals surface area (Å²) in [4.78, 5) is 27.7. The highest BCUT2D eigenvalue weighted by Crippen LogP contribution is 2.43. The van der Waals surface area contributed by atoms with Crippen molar-refractivity contribution in [2.24, 2.45) is 0 Å². The monoisotopic (exact) mass is 884 g/mol. The second-order valence-corrected chi connectivity index (χ2v) is 15.7. The Kier molecular flexibility index (Phi) is 16.9. The summed E-state index contributed by atoms with van der Waals surface area (Å²) in [5, 5.41) is 4.59. The van der Waals surface area contributed by atoms with E-state index in [0.29, 0.717) is 64.0 Å². The van der Waals surface area contributed by atoms with E-state index in [0.717, 1.165) is 61.4 Å². The summed E-state index contributed by atoms with van der Waals surface area (Å²) in [6.07, 6.45) is 0. The van der Waals surface area contributed by atoms with Crippen LogP contribution in [-0.4, -0.2) is 64.8 Å². The standard InChI is InChI=1S/C56H56N2O8/c1-41(2)55(59)65-35-33-61-29-31-63-39-43-19-24-48(25-20-43)57(52-28-23-45-11-5-6-13-47(45)37-52)50-15-10-16-51(38-50)58(54-18-9-14-46-12-7-8-17-53(46)54)49-26-21-44(22-27-49)40-64-32-30-62-34-36-66-56(60)42(3)4/h5-28,37-38H,1,3,29-36,39-40H2,2,4H3. The highest BCUT2D eigenvalue weighted by Gasteiger charge is 2.19. The number of hydrogen-bond acceptors (Lipinski definition) is 10. The SMILES string of the molecule is C=C(C)C(=O)OCCOCCOCc1ccc(N(c2cccc(N(c3ccc(COCCOCCOC(=O)C(=C)C)cc3)c3cccc4ccccc34)c2)c2ccc3ccccc3c2)cc1. The molecule has 7 aromatic rings. The number of ether oxygens (including phenoxy) is 6. The van der Waals surface area contributed by atoms with Crippen molar-refractivity contribution in [2.45, 2.75) is 27.1 Å². The summed E-state index contributed by atoms with van der Waals surface area (Å²) in [6.45, 7) is 13.8. The van der Waals surface area contributed by atoms with Crippen LogP contribution in [0.15, 0.2) is 182 Å². The Labute approximate surface area is 387 Å². The summed E-state index contributed by atoms with van der Waals surface area (Å²) in [6, 6.07) is 55.4. The van der Waals surface area contributed by atoms with Crippen LogP contribution in [0.4, 0.5) is 34.1 Å². The Morgan fingerprint density at radius 2 is 0.848 bits per heavy atom. The summed E-state index contributed by atoms with van der Waals surface area (Å²) < 4.78 is 33.2. The van der Waals surface area contributed by atoms with Crippen molar-refractivity contribution in [1.82, 2.24) is 0 Å². The highest BCUT2D eigenvalue weighted by atomic mass is 16.6. The van der Waals surface area contributed by atoms with Gasteiger partial charge in [0.05, 0.1) is 58.5 Å². The molecule has 0 atom stereocenters. The minimum atomic E-state index is -0.420. The Balaban J connectivity index is 1.11. The lowest BCUT2D eigenvalue weighted by Crippen LogP contribution is -2.14. The van der Waals surface area contributed by atoms with Gasteiger partial charge >= 0.3 is 11.9 Å². The number of nitrogens with zero attached hydrogens (tertiary/aromatic N) is 2. The van der Waals surface area contributed by atoms with Gasteiger partial charge in [-0.1, -0.05) is 110 Å². The molecule has 7 aromatic carbocycles. The Hall–Kier alpha value is -7.08. The van der Waals surface area contributed by atoms with Crippen molar-refractivity contribution >= 4 is 67.6 Å². The van der Waals surface area contributed by atoms with E-state index in [1.54, 1.807) is 13.8 Å². The van der Waals surface area contributed by atoms with Gasteiger partial charge in [-0.2, -0.15) is 0 Å². The predicted molar refractivity (Wildman–Crippen MR) is 263 cm³/mol. The molecule has 0 amide bonds. The maximum Gasteiger partial charge on any atom is 0.333 e. The molecule has 0 aromatic heterocycles. The molecule has 0 aliphatic carbocycles. The molecule has 0 unspecified atom stereocenters. The number of esters is 2. The largest absolute Gasteiger partial charge is 0.460 e. The first-order chi connectivity index (χ1) is 32.2. The quantitative estimate of drug-likeness (QED) is 0.0332. The van der Waals surface area contributed by atoms with Gasteiger partial charge in [0.25, 0.3) is 0 Å². The number of anilines is 6. The third-order valence-electron chi connectivity index (χ3n) is 10.6. The van der Waals surface area contributed by atoms with Crippen LogP contribution in [0.25, 0.3) is 21.5 Å². The van der Waals surface area contributed by atoms with E-state index >= 15 is 0 Å². The van der Waals surface area contributed by atoms with Crippen molar-refractivity contribution in [1.29, 1.82) is 0 Å². The molecule has 0 saturated carbocycles. The molecule has 10 nitrogen and oxygen atoms in total. The number of fused-ring (bicyclic) bond motifs is 2. The molecule has 0 N–H and O–H groups in total. The fourth-order valence-corrected chi connectivity index (χ4v) is 7.30. The molecule has 0 aliphatic rings. The third kappa shape index (κ3) is 12.8. The first-order valence-corrected chi connectivity index (χ1v) is 22.1. The van der Waals surface area contributed by atoms with Crippen LogP contribution in [0, 0.1) is 0 Å². The van der Waals surface area contributed by atoms with Gasteiger partial charge in [0, 0.05) is 45.0 Å².